The zero-order chi connectivity index (χ0) is 14.0. The molecule has 1 N–H and O–H groups in total. The van der Waals surface area contributed by atoms with Gasteiger partial charge in [-0.05, 0) is 25.5 Å². The lowest BCUT2D eigenvalue weighted by Crippen LogP contribution is -1.91. The molecule has 0 radical (unpaired) electrons. The molecule has 2 rings (SSSR count). The standard InChI is InChI=1S/C12H12ClN3O2S/c1-7-8(2)15-12(14-7)19-6-9-5-10(16(17)18)3-4-11(9)13/h3-5H,6H2,1-2H3,(H,14,15). The fraction of sp³-hybridized carbons (Fsp3) is 0.250. The van der Waals surface area contributed by atoms with Gasteiger partial charge in [-0.25, -0.2) is 4.98 Å². The topological polar surface area (TPSA) is 71.8 Å². The Balaban J connectivity index is 2.14. The number of aromatic amines is 1. The Bertz CT molecular complexity index is 608. The van der Waals surface area contributed by atoms with Crippen LogP contribution in [0.25, 0.3) is 0 Å². The van der Waals surface area contributed by atoms with Crippen LogP contribution in [0.15, 0.2) is 23.4 Å². The molecule has 7 heteroatoms. The van der Waals surface area contributed by atoms with Gasteiger partial charge in [-0.2, -0.15) is 0 Å². The van der Waals surface area contributed by atoms with E-state index < -0.39 is 4.92 Å². The van der Waals surface area contributed by atoms with E-state index in [1.165, 1.54) is 23.9 Å². The van der Waals surface area contributed by atoms with Gasteiger partial charge in [0.2, 0.25) is 0 Å². The average Bonchev–Trinajstić information content (AvgIpc) is 2.67. The van der Waals surface area contributed by atoms with Crippen LogP contribution in [0.2, 0.25) is 5.02 Å². The molecule has 0 saturated carbocycles. The molecule has 0 bridgehead atoms. The summed E-state index contributed by atoms with van der Waals surface area (Å²) in [5.41, 5.74) is 2.75. The number of halogens is 1. The Morgan fingerprint density at radius 1 is 1.47 bits per heavy atom. The molecule has 100 valence electrons. The molecular weight excluding hydrogens is 286 g/mol. The van der Waals surface area contributed by atoms with Crippen molar-refractivity contribution in [2.24, 2.45) is 0 Å². The Labute approximate surface area is 119 Å². The van der Waals surface area contributed by atoms with Crippen molar-refractivity contribution in [1.29, 1.82) is 0 Å². The zero-order valence-electron chi connectivity index (χ0n) is 10.4. The highest BCUT2D eigenvalue weighted by Gasteiger charge is 2.11. The maximum absolute atomic E-state index is 10.7. The third kappa shape index (κ3) is 3.27. The summed E-state index contributed by atoms with van der Waals surface area (Å²) in [7, 11) is 0. The number of H-pyrrole nitrogens is 1. The summed E-state index contributed by atoms with van der Waals surface area (Å²) in [5.74, 6) is 0.535. The van der Waals surface area contributed by atoms with Crippen LogP contribution in [-0.4, -0.2) is 14.9 Å². The van der Waals surface area contributed by atoms with E-state index in [9.17, 15) is 10.1 Å². The van der Waals surface area contributed by atoms with E-state index >= 15 is 0 Å². The van der Waals surface area contributed by atoms with E-state index in [1.54, 1.807) is 6.07 Å². The maximum Gasteiger partial charge on any atom is 0.269 e. The first-order valence-corrected chi connectivity index (χ1v) is 6.92. The number of benzene rings is 1. The van der Waals surface area contributed by atoms with Crippen LogP contribution in [0.1, 0.15) is 17.0 Å². The molecule has 1 aromatic carbocycles. The summed E-state index contributed by atoms with van der Waals surface area (Å²) in [6, 6.07) is 4.45. The molecule has 1 aromatic heterocycles. The third-order valence-corrected chi connectivity index (χ3v) is 4.00. The molecule has 0 spiro atoms. The van der Waals surface area contributed by atoms with Crippen LogP contribution in [0.4, 0.5) is 5.69 Å². The second kappa shape index (κ2) is 5.63. The van der Waals surface area contributed by atoms with E-state index in [0.717, 1.165) is 22.1 Å². The van der Waals surface area contributed by atoms with Crippen molar-refractivity contribution in [3.8, 4) is 0 Å². The number of non-ortho nitro benzene ring substituents is 1. The zero-order valence-corrected chi connectivity index (χ0v) is 12.0. The first-order valence-electron chi connectivity index (χ1n) is 5.56. The van der Waals surface area contributed by atoms with Crippen LogP contribution in [0.5, 0.6) is 0 Å². The minimum Gasteiger partial charge on any atom is -0.337 e. The summed E-state index contributed by atoms with van der Waals surface area (Å²) in [5, 5.41) is 12.0. The van der Waals surface area contributed by atoms with Crippen molar-refractivity contribution >= 4 is 29.1 Å². The normalized spacial score (nSPS) is 10.7. The molecule has 0 aliphatic carbocycles. The minimum absolute atomic E-state index is 0.0480. The number of hydrogen-bond acceptors (Lipinski definition) is 4. The number of nitrogens with one attached hydrogen (secondary N) is 1. The van der Waals surface area contributed by atoms with Gasteiger partial charge in [0.15, 0.2) is 5.16 Å². The number of hydrogen-bond donors (Lipinski definition) is 1. The number of rotatable bonds is 4. The Kier molecular flexibility index (Phi) is 4.11. The first-order chi connectivity index (χ1) is 8.97. The summed E-state index contributed by atoms with van der Waals surface area (Å²) in [6.07, 6.45) is 0. The maximum atomic E-state index is 10.7. The predicted molar refractivity (Wildman–Crippen MR) is 75.7 cm³/mol. The highest BCUT2D eigenvalue weighted by Crippen LogP contribution is 2.28. The van der Waals surface area contributed by atoms with Crippen molar-refractivity contribution in [3.05, 3.63) is 50.3 Å². The molecule has 0 unspecified atom stereocenters. The summed E-state index contributed by atoms with van der Waals surface area (Å²) in [6.45, 7) is 3.88. The van der Waals surface area contributed by atoms with Crippen molar-refractivity contribution in [3.63, 3.8) is 0 Å². The molecule has 19 heavy (non-hydrogen) atoms. The average molecular weight is 298 g/mol. The monoisotopic (exact) mass is 297 g/mol. The van der Waals surface area contributed by atoms with Crippen LogP contribution in [0.3, 0.4) is 0 Å². The molecule has 5 nitrogen and oxygen atoms in total. The molecular formula is C12H12ClN3O2S. The highest BCUT2D eigenvalue weighted by molar-refractivity contribution is 7.98. The summed E-state index contributed by atoms with van der Waals surface area (Å²) >= 11 is 7.51. The molecule has 0 amide bonds. The van der Waals surface area contributed by atoms with Crippen molar-refractivity contribution in [1.82, 2.24) is 9.97 Å². The number of aryl methyl sites for hydroxylation is 2. The molecule has 2 aromatic rings. The smallest absolute Gasteiger partial charge is 0.269 e. The largest absolute Gasteiger partial charge is 0.337 e. The van der Waals surface area contributed by atoms with Gasteiger partial charge >= 0.3 is 0 Å². The van der Waals surface area contributed by atoms with Gasteiger partial charge in [-0.15, -0.1) is 0 Å². The lowest BCUT2D eigenvalue weighted by atomic mass is 10.2. The quantitative estimate of drug-likeness (QED) is 0.528. The van der Waals surface area contributed by atoms with E-state index in [-0.39, 0.29) is 5.69 Å². The van der Waals surface area contributed by atoms with Gasteiger partial charge in [0.05, 0.1) is 10.6 Å². The Morgan fingerprint density at radius 2 is 2.21 bits per heavy atom. The Morgan fingerprint density at radius 3 is 2.79 bits per heavy atom. The molecule has 0 atom stereocenters. The SMILES string of the molecule is Cc1nc(SCc2cc([N+](=O)[O-])ccc2Cl)[nH]c1C. The lowest BCUT2D eigenvalue weighted by molar-refractivity contribution is -0.384. The number of thioether (sulfide) groups is 1. The van der Waals surface area contributed by atoms with Gasteiger partial charge in [0.1, 0.15) is 0 Å². The summed E-state index contributed by atoms with van der Waals surface area (Å²) < 4.78 is 0. The minimum atomic E-state index is -0.425. The van der Waals surface area contributed by atoms with E-state index in [1.807, 2.05) is 13.8 Å². The molecule has 0 saturated heterocycles. The van der Waals surface area contributed by atoms with Gasteiger partial charge < -0.3 is 4.98 Å². The van der Waals surface area contributed by atoms with Gasteiger partial charge in [0.25, 0.3) is 5.69 Å². The number of nitro groups is 1. The lowest BCUT2D eigenvalue weighted by Gasteiger charge is -2.02. The molecule has 1 heterocycles. The second-order valence-electron chi connectivity index (χ2n) is 4.07. The van der Waals surface area contributed by atoms with Crippen molar-refractivity contribution < 1.29 is 4.92 Å². The molecule has 0 aliphatic rings. The number of nitrogens with zero attached hydrogens (tertiary/aromatic N) is 2. The van der Waals surface area contributed by atoms with Crippen LogP contribution >= 0.6 is 23.4 Å². The van der Waals surface area contributed by atoms with Gasteiger partial charge in [-0.1, -0.05) is 23.4 Å². The third-order valence-electron chi connectivity index (χ3n) is 2.71. The Hall–Kier alpha value is -1.53. The first kappa shape index (κ1) is 13.9. The van der Waals surface area contributed by atoms with Crippen LogP contribution in [-0.2, 0) is 5.75 Å². The van der Waals surface area contributed by atoms with Crippen molar-refractivity contribution in [2.45, 2.75) is 24.8 Å². The predicted octanol–water partition coefficient (Wildman–Crippen LogP) is 3.88. The fourth-order valence-electron chi connectivity index (χ4n) is 1.51. The molecule has 0 fully saturated rings. The van der Waals surface area contributed by atoms with Gasteiger partial charge in [0, 0.05) is 28.6 Å². The number of nitro benzene ring substituents is 1. The van der Waals surface area contributed by atoms with Crippen molar-refractivity contribution in [2.75, 3.05) is 0 Å². The summed E-state index contributed by atoms with van der Waals surface area (Å²) in [4.78, 5) is 17.8. The van der Waals surface area contributed by atoms with Crippen LogP contribution < -0.4 is 0 Å². The van der Waals surface area contributed by atoms with E-state index in [2.05, 4.69) is 9.97 Å². The second-order valence-corrected chi connectivity index (χ2v) is 5.45. The van der Waals surface area contributed by atoms with Crippen LogP contribution in [0, 0.1) is 24.0 Å². The van der Waals surface area contributed by atoms with E-state index in [4.69, 9.17) is 11.6 Å². The fourth-order valence-corrected chi connectivity index (χ4v) is 2.74. The van der Waals surface area contributed by atoms with E-state index in [0.29, 0.717) is 10.8 Å². The highest BCUT2D eigenvalue weighted by atomic mass is 35.5. The number of aromatic nitrogens is 2. The van der Waals surface area contributed by atoms with Gasteiger partial charge in [-0.3, -0.25) is 10.1 Å². The molecule has 0 aliphatic heterocycles. The number of imidazole rings is 1.